The third kappa shape index (κ3) is 11.1. The molecule has 3 atom stereocenters. The molecule has 4 aliphatic rings. The Morgan fingerprint density at radius 3 is 0.983 bits per heavy atom. The van der Waals surface area contributed by atoms with Crippen LogP contribution in [0, 0.1) is 11.8 Å². The van der Waals surface area contributed by atoms with E-state index in [2.05, 4.69) is 0 Å². The molecule has 0 saturated carbocycles. The van der Waals surface area contributed by atoms with Crippen LogP contribution >= 0.6 is 0 Å². The van der Waals surface area contributed by atoms with E-state index >= 15 is 0 Å². The van der Waals surface area contributed by atoms with Crippen LogP contribution in [0.15, 0.2) is 0 Å². The van der Waals surface area contributed by atoms with Crippen molar-refractivity contribution in [3.05, 3.63) is 0 Å². The number of hydrogen-bond donors (Lipinski definition) is 0. The van der Waals surface area contributed by atoms with Crippen molar-refractivity contribution in [1.82, 2.24) is 20.3 Å². The second kappa shape index (κ2) is 16.8. The van der Waals surface area contributed by atoms with Gasteiger partial charge in [-0.05, 0) is 103 Å². The van der Waals surface area contributed by atoms with Crippen molar-refractivity contribution in [1.29, 1.82) is 0 Å². The van der Waals surface area contributed by atoms with E-state index < -0.39 is 112 Å². The third-order valence-electron chi connectivity index (χ3n) is 12.7. The van der Waals surface area contributed by atoms with Crippen molar-refractivity contribution >= 4 is 23.9 Å². The number of hydrogen-bond acceptors (Lipinski definition) is 12. The summed E-state index contributed by atoms with van der Waals surface area (Å²) in [6.07, 6.45) is -2.53. The monoisotopic (exact) mass is 822 g/mol. The number of rotatable bonds is 11. The van der Waals surface area contributed by atoms with Crippen molar-refractivity contribution in [2.45, 2.75) is 224 Å². The van der Waals surface area contributed by atoms with Gasteiger partial charge < -0.3 is 18.9 Å². The number of hydroxylamine groups is 8. The van der Waals surface area contributed by atoms with Crippen molar-refractivity contribution < 1.29 is 59.0 Å². The summed E-state index contributed by atoms with van der Waals surface area (Å²) in [5, 5.41) is 55.7. The van der Waals surface area contributed by atoms with Crippen molar-refractivity contribution in [2.75, 3.05) is 6.54 Å². The van der Waals surface area contributed by atoms with Crippen molar-refractivity contribution in [3.63, 3.8) is 0 Å². The van der Waals surface area contributed by atoms with Crippen LogP contribution in [0.25, 0.3) is 0 Å². The van der Waals surface area contributed by atoms with Gasteiger partial charge >= 0.3 is 23.9 Å². The highest BCUT2D eigenvalue weighted by molar-refractivity contribution is 5.88. The number of carbonyl (C=O) groups excluding carboxylic acids is 4. The smallest absolute Gasteiger partial charge is 0.310 e. The second-order valence-electron chi connectivity index (χ2n) is 21.9. The fraction of sp³-hybridized carbons (Fsp3) is 0.905. The van der Waals surface area contributed by atoms with E-state index in [1.54, 1.807) is 96.9 Å². The summed E-state index contributed by atoms with van der Waals surface area (Å²) in [5.41, 5.74) is -6.19. The molecule has 4 heterocycles. The van der Waals surface area contributed by atoms with Crippen LogP contribution in [0.2, 0.25) is 0 Å². The van der Waals surface area contributed by atoms with Gasteiger partial charge in [0.25, 0.3) is 0 Å². The van der Waals surface area contributed by atoms with Crippen LogP contribution in [0.3, 0.4) is 0 Å². The molecule has 0 amide bonds. The van der Waals surface area contributed by atoms with Gasteiger partial charge in [0.1, 0.15) is 24.4 Å². The van der Waals surface area contributed by atoms with Gasteiger partial charge in [0.2, 0.25) is 0 Å². The van der Waals surface area contributed by atoms with Crippen molar-refractivity contribution in [3.8, 4) is 0 Å². The summed E-state index contributed by atoms with van der Waals surface area (Å²) in [7, 11) is 0. The van der Waals surface area contributed by atoms with Gasteiger partial charge in [-0.1, -0.05) is 0 Å². The summed E-state index contributed by atoms with van der Waals surface area (Å²) < 4.78 is 24.0. The van der Waals surface area contributed by atoms with E-state index in [0.717, 1.165) is 20.3 Å². The summed E-state index contributed by atoms with van der Waals surface area (Å²) in [6.45, 7) is 24.7. The zero-order valence-corrected chi connectivity index (χ0v) is 37.4. The molecule has 58 heavy (non-hydrogen) atoms. The Bertz CT molecular complexity index is 1470. The fourth-order valence-corrected chi connectivity index (χ4v) is 10.3. The average molecular weight is 823 g/mol. The molecule has 16 nitrogen and oxygen atoms in total. The Morgan fingerprint density at radius 1 is 0.431 bits per heavy atom. The molecule has 0 N–H and O–H groups in total. The van der Waals surface area contributed by atoms with Gasteiger partial charge in [0.15, 0.2) is 0 Å². The average Bonchev–Trinajstić information content (AvgIpc) is 3.03. The van der Waals surface area contributed by atoms with Gasteiger partial charge in [-0.3, -0.25) is 19.2 Å². The first-order valence-electron chi connectivity index (χ1n) is 20.9. The molecule has 0 bridgehead atoms. The third-order valence-corrected chi connectivity index (χ3v) is 12.7. The SMILES string of the molecule is CC1(C)CC(OC(=O)CC(C(=O)OC2CC(C)(C)N([O])C(C)(C)C2)C(CC(=O)OC2CC(C)(C)N([O])C(C)(C)C2)C(=O)OC2CC(C)(C)N([O])C(C)(C)C2)CCN1[O]. The summed E-state index contributed by atoms with van der Waals surface area (Å²) >= 11 is 0. The maximum absolute atomic E-state index is 14.6. The molecule has 4 fully saturated rings. The van der Waals surface area contributed by atoms with E-state index in [1.807, 2.05) is 0 Å². The quantitative estimate of drug-likeness (QED) is 0.178. The Hall–Kier alpha value is -2.44. The van der Waals surface area contributed by atoms with E-state index in [1.165, 1.54) is 0 Å². The maximum Gasteiger partial charge on any atom is 0.310 e. The van der Waals surface area contributed by atoms with Gasteiger partial charge in [0.05, 0.1) is 24.7 Å². The summed E-state index contributed by atoms with van der Waals surface area (Å²) in [6, 6.07) is 0. The Morgan fingerprint density at radius 2 is 0.690 bits per heavy atom. The van der Waals surface area contributed by atoms with Gasteiger partial charge in [-0.25, -0.2) is 0 Å². The lowest BCUT2D eigenvalue weighted by atomic mass is 9.79. The number of piperidine rings is 4. The molecule has 4 radical (unpaired) electrons. The lowest BCUT2D eigenvalue weighted by Gasteiger charge is -2.49. The van der Waals surface area contributed by atoms with Crippen LogP contribution in [0.5, 0.6) is 0 Å². The minimum absolute atomic E-state index is 0.134. The van der Waals surface area contributed by atoms with E-state index in [-0.39, 0.29) is 57.9 Å². The maximum atomic E-state index is 14.6. The summed E-state index contributed by atoms with van der Waals surface area (Å²) in [5.74, 6) is -6.68. The first-order chi connectivity index (χ1) is 26.2. The molecule has 330 valence electrons. The normalized spacial score (nSPS) is 28.8. The molecule has 4 saturated heterocycles. The molecule has 0 aromatic heterocycles. The highest BCUT2D eigenvalue weighted by Gasteiger charge is 2.52. The standard InChI is InChI=1S/C42H70N4O12/c1-36(2)19-26(15-16-43(36)51)55-32(47)17-30(34(49)57-28-22-39(7,8)45(53)40(9,10)23-28)31(35(50)58-29-24-41(11,12)46(54)42(13,14)25-29)18-33(48)56-27-20-37(3,4)44(52)38(5,6)21-27/h26-31H,15-25H2,1-14H3. The largest absolute Gasteiger partial charge is 0.462 e. The zero-order valence-electron chi connectivity index (χ0n) is 37.4. The lowest BCUT2D eigenvalue weighted by molar-refractivity contribution is -0.300. The number of carbonyl (C=O) groups is 4. The van der Waals surface area contributed by atoms with Crippen LogP contribution in [0.4, 0.5) is 0 Å². The van der Waals surface area contributed by atoms with Crippen LogP contribution in [-0.4, -0.2) is 114 Å². The molecule has 4 rings (SSSR count). The van der Waals surface area contributed by atoms with Crippen LogP contribution in [-0.2, 0) is 59.0 Å². The van der Waals surface area contributed by atoms with Gasteiger partial charge in [-0.2, -0.15) is 0 Å². The van der Waals surface area contributed by atoms with Crippen LogP contribution in [0.1, 0.15) is 161 Å². The highest BCUT2D eigenvalue weighted by atomic mass is 16.6. The molecule has 4 aliphatic heterocycles. The zero-order chi connectivity index (χ0) is 44.2. The molecule has 3 unspecified atom stereocenters. The summed E-state index contributed by atoms with van der Waals surface area (Å²) in [4.78, 5) is 56.9. The number of nitrogens with zero attached hydrogens (tertiary/aromatic N) is 4. The Balaban J connectivity index is 1.69. The topological polar surface area (TPSA) is 198 Å². The predicted octanol–water partition coefficient (Wildman–Crippen LogP) is 5.86. The first-order valence-corrected chi connectivity index (χ1v) is 20.9. The Kier molecular flexibility index (Phi) is 14.0. The molecular formula is C42H70N4O12. The second-order valence-corrected chi connectivity index (χ2v) is 21.9. The van der Waals surface area contributed by atoms with Crippen LogP contribution < -0.4 is 0 Å². The van der Waals surface area contributed by atoms with Gasteiger partial charge in [-0.15, -0.1) is 41.1 Å². The minimum atomic E-state index is -1.58. The van der Waals surface area contributed by atoms with Crippen molar-refractivity contribution in [2.24, 2.45) is 11.8 Å². The molecular weight excluding hydrogens is 752 g/mol. The van der Waals surface area contributed by atoms with E-state index in [4.69, 9.17) is 18.9 Å². The highest BCUT2D eigenvalue weighted by Crippen LogP contribution is 2.42. The lowest BCUT2D eigenvalue weighted by Crippen LogP contribution is -2.60. The molecule has 0 aromatic rings. The Labute approximate surface area is 345 Å². The number of ether oxygens (including phenoxy) is 4. The molecule has 0 spiro atoms. The fourth-order valence-electron chi connectivity index (χ4n) is 10.3. The first kappa shape index (κ1) is 48.2. The van der Waals surface area contributed by atoms with Gasteiger partial charge in [0, 0.05) is 90.3 Å². The number of esters is 4. The predicted molar refractivity (Wildman–Crippen MR) is 206 cm³/mol. The minimum Gasteiger partial charge on any atom is -0.462 e. The van der Waals surface area contributed by atoms with E-state index in [9.17, 15) is 40.0 Å². The molecule has 0 aliphatic carbocycles. The molecule has 16 heteroatoms. The van der Waals surface area contributed by atoms with E-state index in [0.29, 0.717) is 0 Å². The molecule has 0 aromatic carbocycles.